The van der Waals surface area contributed by atoms with Crippen molar-refractivity contribution in [2.75, 3.05) is 7.11 Å². The van der Waals surface area contributed by atoms with Gasteiger partial charge in [0.25, 0.3) is 0 Å². The van der Waals surface area contributed by atoms with Crippen molar-refractivity contribution in [2.24, 2.45) is 0 Å². The van der Waals surface area contributed by atoms with E-state index >= 15 is 0 Å². The molecule has 0 unspecified atom stereocenters. The van der Waals surface area contributed by atoms with Crippen LogP contribution in [0.25, 0.3) is 11.3 Å². The third-order valence-electron chi connectivity index (χ3n) is 4.04. The van der Waals surface area contributed by atoms with Crippen molar-refractivity contribution < 1.29 is 13.9 Å². The molecule has 2 aromatic carbocycles. The lowest BCUT2D eigenvalue weighted by molar-refractivity contribution is -0.121. The minimum atomic E-state index is -0.0117. The first-order valence-electron chi connectivity index (χ1n) is 8.38. The van der Waals surface area contributed by atoms with E-state index in [0.717, 1.165) is 28.4 Å². The van der Waals surface area contributed by atoms with Crippen LogP contribution in [0, 0.1) is 0 Å². The summed E-state index contributed by atoms with van der Waals surface area (Å²) in [5, 5.41) is 3.59. The van der Waals surface area contributed by atoms with E-state index in [1.807, 2.05) is 60.7 Å². The van der Waals surface area contributed by atoms with E-state index in [1.54, 1.807) is 7.11 Å². The SMILES string of the molecule is COc1ccc(-c2ccc(CCC(=O)NCc3ccc(Cl)cc3)o2)cc1. The fourth-order valence-electron chi connectivity index (χ4n) is 2.55. The van der Waals surface area contributed by atoms with Crippen molar-refractivity contribution in [2.45, 2.75) is 19.4 Å². The fourth-order valence-corrected chi connectivity index (χ4v) is 2.68. The molecule has 134 valence electrons. The van der Waals surface area contributed by atoms with Crippen LogP contribution < -0.4 is 10.1 Å². The van der Waals surface area contributed by atoms with Gasteiger partial charge in [0, 0.05) is 30.0 Å². The Balaban J connectivity index is 1.49. The van der Waals surface area contributed by atoms with Crippen LogP contribution in [0.3, 0.4) is 0 Å². The second-order valence-electron chi connectivity index (χ2n) is 5.90. The van der Waals surface area contributed by atoms with Gasteiger partial charge in [-0.25, -0.2) is 0 Å². The van der Waals surface area contributed by atoms with Crippen molar-refractivity contribution in [1.29, 1.82) is 0 Å². The Labute approximate surface area is 157 Å². The van der Waals surface area contributed by atoms with Gasteiger partial charge in [-0.3, -0.25) is 4.79 Å². The van der Waals surface area contributed by atoms with Crippen molar-refractivity contribution in [3.05, 3.63) is 77.0 Å². The predicted molar refractivity (Wildman–Crippen MR) is 102 cm³/mol. The summed E-state index contributed by atoms with van der Waals surface area (Å²) >= 11 is 5.85. The minimum absolute atomic E-state index is 0.0117. The fraction of sp³-hybridized carbons (Fsp3) is 0.190. The van der Waals surface area contributed by atoms with Gasteiger partial charge in [0.05, 0.1) is 7.11 Å². The number of amides is 1. The van der Waals surface area contributed by atoms with Crippen LogP contribution in [0.15, 0.2) is 65.1 Å². The number of ether oxygens (including phenoxy) is 1. The molecule has 0 fully saturated rings. The lowest BCUT2D eigenvalue weighted by Gasteiger charge is -2.05. The number of methoxy groups -OCH3 is 1. The smallest absolute Gasteiger partial charge is 0.220 e. The Bertz CT molecular complexity index is 854. The van der Waals surface area contributed by atoms with Crippen LogP contribution in [-0.4, -0.2) is 13.0 Å². The molecule has 0 aliphatic heterocycles. The number of aryl methyl sites for hydroxylation is 1. The molecular formula is C21H20ClNO3. The third-order valence-corrected chi connectivity index (χ3v) is 4.29. The number of furan rings is 1. The molecule has 3 rings (SSSR count). The molecule has 0 radical (unpaired) electrons. The molecule has 1 aromatic heterocycles. The maximum absolute atomic E-state index is 12.0. The van der Waals surface area contributed by atoms with Gasteiger partial charge in [-0.05, 0) is 54.1 Å². The predicted octanol–water partition coefficient (Wildman–Crippen LogP) is 4.86. The van der Waals surface area contributed by atoms with Crippen molar-refractivity contribution in [1.82, 2.24) is 5.32 Å². The van der Waals surface area contributed by atoms with Crippen molar-refractivity contribution in [3.63, 3.8) is 0 Å². The summed E-state index contributed by atoms with van der Waals surface area (Å²) in [6.45, 7) is 0.491. The number of halogens is 1. The lowest BCUT2D eigenvalue weighted by atomic mass is 10.2. The highest BCUT2D eigenvalue weighted by Crippen LogP contribution is 2.25. The van der Waals surface area contributed by atoms with Gasteiger partial charge in [-0.1, -0.05) is 23.7 Å². The molecule has 0 saturated carbocycles. The second kappa shape index (κ2) is 8.59. The maximum Gasteiger partial charge on any atom is 0.220 e. The largest absolute Gasteiger partial charge is 0.497 e. The van der Waals surface area contributed by atoms with Gasteiger partial charge in [-0.15, -0.1) is 0 Å². The van der Waals surface area contributed by atoms with Crippen LogP contribution in [-0.2, 0) is 17.8 Å². The highest BCUT2D eigenvalue weighted by molar-refractivity contribution is 6.30. The van der Waals surface area contributed by atoms with Crippen LogP contribution >= 0.6 is 11.6 Å². The summed E-state index contributed by atoms with van der Waals surface area (Å²) in [5.74, 6) is 2.36. The van der Waals surface area contributed by atoms with Crippen LogP contribution in [0.2, 0.25) is 5.02 Å². The molecule has 0 atom stereocenters. The summed E-state index contributed by atoms with van der Waals surface area (Å²) in [5.41, 5.74) is 1.99. The first kappa shape index (κ1) is 18.1. The average molecular weight is 370 g/mol. The van der Waals surface area contributed by atoms with E-state index in [2.05, 4.69) is 5.32 Å². The Morgan fingerprint density at radius 2 is 1.77 bits per heavy atom. The number of hydrogen-bond acceptors (Lipinski definition) is 3. The third kappa shape index (κ3) is 4.90. The number of hydrogen-bond donors (Lipinski definition) is 1. The summed E-state index contributed by atoms with van der Waals surface area (Å²) < 4.78 is 11.0. The number of carbonyl (C=O) groups excluding carboxylic acids is 1. The van der Waals surface area contributed by atoms with Crippen LogP contribution in [0.4, 0.5) is 0 Å². The maximum atomic E-state index is 12.0. The number of carbonyl (C=O) groups is 1. The molecule has 0 spiro atoms. The molecule has 0 aliphatic carbocycles. The monoisotopic (exact) mass is 369 g/mol. The van der Waals surface area contributed by atoms with Crippen molar-refractivity contribution >= 4 is 17.5 Å². The Kier molecular flexibility index (Phi) is 5.97. The lowest BCUT2D eigenvalue weighted by Crippen LogP contribution is -2.22. The zero-order valence-corrected chi connectivity index (χ0v) is 15.3. The van der Waals surface area contributed by atoms with Gasteiger partial charge in [0.2, 0.25) is 5.91 Å². The van der Waals surface area contributed by atoms with E-state index < -0.39 is 0 Å². The zero-order valence-electron chi connectivity index (χ0n) is 14.5. The Hall–Kier alpha value is -2.72. The van der Waals surface area contributed by atoms with E-state index in [1.165, 1.54) is 0 Å². The standard InChI is InChI=1S/C21H20ClNO3/c1-25-18-8-4-16(5-9-18)20-12-10-19(26-20)11-13-21(24)23-14-15-2-6-17(22)7-3-15/h2-10,12H,11,13-14H2,1H3,(H,23,24). The molecule has 3 aromatic rings. The van der Waals surface area contributed by atoms with Crippen molar-refractivity contribution in [3.8, 4) is 17.1 Å². The highest BCUT2D eigenvalue weighted by atomic mass is 35.5. The molecule has 1 N–H and O–H groups in total. The molecule has 0 saturated heterocycles. The van der Waals surface area contributed by atoms with Gasteiger partial charge in [0.1, 0.15) is 17.3 Å². The summed E-state index contributed by atoms with van der Waals surface area (Å²) in [4.78, 5) is 12.0. The van der Waals surface area contributed by atoms with Crippen LogP contribution in [0.5, 0.6) is 5.75 Å². The van der Waals surface area contributed by atoms with Gasteiger partial charge in [0.15, 0.2) is 0 Å². The minimum Gasteiger partial charge on any atom is -0.497 e. The molecular weight excluding hydrogens is 350 g/mol. The molecule has 0 aliphatic rings. The molecule has 4 nitrogen and oxygen atoms in total. The van der Waals surface area contributed by atoms with Gasteiger partial charge in [-0.2, -0.15) is 0 Å². The summed E-state index contributed by atoms with van der Waals surface area (Å²) in [6, 6.07) is 18.9. The Morgan fingerprint density at radius 3 is 2.46 bits per heavy atom. The van der Waals surface area contributed by atoms with E-state index in [9.17, 15) is 4.79 Å². The quantitative estimate of drug-likeness (QED) is 0.647. The first-order chi connectivity index (χ1) is 12.6. The number of rotatable bonds is 7. The normalized spacial score (nSPS) is 10.5. The first-order valence-corrected chi connectivity index (χ1v) is 8.76. The molecule has 1 amide bonds. The summed E-state index contributed by atoms with van der Waals surface area (Å²) in [7, 11) is 1.64. The van der Waals surface area contributed by atoms with Gasteiger partial charge < -0.3 is 14.5 Å². The Morgan fingerprint density at radius 1 is 1.04 bits per heavy atom. The molecule has 0 bridgehead atoms. The van der Waals surface area contributed by atoms with Gasteiger partial charge >= 0.3 is 0 Å². The summed E-state index contributed by atoms with van der Waals surface area (Å²) in [6.07, 6.45) is 0.936. The van der Waals surface area contributed by atoms with E-state index in [-0.39, 0.29) is 5.91 Å². The topological polar surface area (TPSA) is 51.5 Å². The number of nitrogens with one attached hydrogen (secondary N) is 1. The average Bonchev–Trinajstić information content (AvgIpc) is 3.15. The zero-order chi connectivity index (χ0) is 18.4. The van der Waals surface area contributed by atoms with E-state index in [0.29, 0.717) is 24.4 Å². The molecule has 5 heteroatoms. The second-order valence-corrected chi connectivity index (χ2v) is 6.33. The molecule has 1 heterocycles. The molecule has 26 heavy (non-hydrogen) atoms. The highest BCUT2D eigenvalue weighted by Gasteiger charge is 2.08. The number of benzene rings is 2. The van der Waals surface area contributed by atoms with Crippen LogP contribution in [0.1, 0.15) is 17.7 Å². The van der Waals surface area contributed by atoms with E-state index in [4.69, 9.17) is 20.8 Å².